The second-order valence-corrected chi connectivity index (χ2v) is 5.63. The summed E-state index contributed by atoms with van der Waals surface area (Å²) < 4.78 is 18.3. The van der Waals surface area contributed by atoms with Crippen molar-refractivity contribution in [2.24, 2.45) is 0 Å². The number of rotatable bonds is 5. The maximum absolute atomic E-state index is 13.8. The topological polar surface area (TPSA) is 32.8 Å². The first-order valence-electron chi connectivity index (χ1n) is 7.26. The standard InChI is InChI=1S/C16H23FN2O2/c1-18(2)13-7-4-6-12(10-13)15-8-5-9-19(15)11-14(17)16(20)21-3/h4,6-7,10,14-15H,5,8-9,11H2,1-3H3/t14-,15-/m0/s1. The molecule has 4 nitrogen and oxygen atoms in total. The Balaban J connectivity index is 2.11. The van der Waals surface area contributed by atoms with Gasteiger partial charge in [-0.25, -0.2) is 9.18 Å². The van der Waals surface area contributed by atoms with Crippen LogP contribution in [0.15, 0.2) is 24.3 Å². The van der Waals surface area contributed by atoms with Gasteiger partial charge >= 0.3 is 5.97 Å². The summed E-state index contributed by atoms with van der Waals surface area (Å²) in [4.78, 5) is 15.3. The van der Waals surface area contributed by atoms with Crippen LogP contribution in [0.25, 0.3) is 0 Å². The molecule has 0 aromatic heterocycles. The summed E-state index contributed by atoms with van der Waals surface area (Å²) in [5.74, 6) is -0.789. The molecule has 1 heterocycles. The van der Waals surface area contributed by atoms with E-state index < -0.39 is 12.1 Å². The maximum Gasteiger partial charge on any atom is 0.341 e. The molecule has 1 saturated heterocycles. The van der Waals surface area contributed by atoms with Gasteiger partial charge in [-0.2, -0.15) is 0 Å². The van der Waals surface area contributed by atoms with Crippen LogP contribution in [0.2, 0.25) is 0 Å². The molecule has 1 aliphatic heterocycles. The van der Waals surface area contributed by atoms with E-state index in [2.05, 4.69) is 27.8 Å². The van der Waals surface area contributed by atoms with E-state index in [1.807, 2.05) is 25.1 Å². The maximum atomic E-state index is 13.8. The van der Waals surface area contributed by atoms with E-state index in [1.54, 1.807) is 0 Å². The molecule has 116 valence electrons. The molecule has 1 aromatic rings. The number of carbonyl (C=O) groups excluding carboxylic acids is 1. The fourth-order valence-electron chi connectivity index (χ4n) is 2.84. The molecule has 0 saturated carbocycles. The van der Waals surface area contributed by atoms with Gasteiger partial charge in [0.05, 0.1) is 7.11 Å². The number of nitrogens with zero attached hydrogens (tertiary/aromatic N) is 2. The van der Waals surface area contributed by atoms with Gasteiger partial charge in [-0.05, 0) is 37.1 Å². The number of ether oxygens (including phenoxy) is 1. The second-order valence-electron chi connectivity index (χ2n) is 5.63. The van der Waals surface area contributed by atoms with Crippen LogP contribution in [0, 0.1) is 0 Å². The highest BCUT2D eigenvalue weighted by Crippen LogP contribution is 2.33. The van der Waals surface area contributed by atoms with Gasteiger partial charge in [-0.15, -0.1) is 0 Å². The molecule has 1 aromatic carbocycles. The Morgan fingerprint density at radius 2 is 2.29 bits per heavy atom. The number of benzene rings is 1. The molecule has 0 bridgehead atoms. The minimum absolute atomic E-state index is 0.101. The van der Waals surface area contributed by atoms with E-state index in [0.717, 1.165) is 25.1 Å². The highest BCUT2D eigenvalue weighted by Gasteiger charge is 2.30. The van der Waals surface area contributed by atoms with Crippen molar-refractivity contribution in [3.05, 3.63) is 29.8 Å². The first-order chi connectivity index (χ1) is 10.0. The number of esters is 1. The molecule has 5 heteroatoms. The van der Waals surface area contributed by atoms with E-state index in [4.69, 9.17) is 0 Å². The average Bonchev–Trinajstić information content (AvgIpc) is 2.94. The number of methoxy groups -OCH3 is 1. The summed E-state index contributed by atoms with van der Waals surface area (Å²) in [6.45, 7) is 0.914. The Bertz CT molecular complexity index is 493. The third-order valence-corrected chi connectivity index (χ3v) is 3.99. The van der Waals surface area contributed by atoms with Crippen LogP contribution in [-0.4, -0.2) is 51.3 Å². The number of halogens is 1. The Hall–Kier alpha value is -1.62. The molecular formula is C16H23FN2O2. The first kappa shape index (κ1) is 15.8. The van der Waals surface area contributed by atoms with Gasteiger partial charge in [-0.1, -0.05) is 12.1 Å². The van der Waals surface area contributed by atoms with Gasteiger partial charge in [-0.3, -0.25) is 4.90 Å². The Morgan fingerprint density at radius 3 is 2.95 bits per heavy atom. The Kier molecular flexibility index (Phi) is 5.17. The van der Waals surface area contributed by atoms with E-state index in [0.29, 0.717) is 0 Å². The minimum Gasteiger partial charge on any atom is -0.467 e. The number of anilines is 1. The normalized spacial score (nSPS) is 20.3. The largest absolute Gasteiger partial charge is 0.467 e. The van der Waals surface area contributed by atoms with Crippen LogP contribution in [-0.2, 0) is 9.53 Å². The molecule has 2 atom stereocenters. The summed E-state index contributed by atoms with van der Waals surface area (Å²) in [5, 5.41) is 0. The summed E-state index contributed by atoms with van der Waals surface area (Å²) in [6.07, 6.45) is 0.433. The third kappa shape index (κ3) is 3.73. The van der Waals surface area contributed by atoms with Crippen LogP contribution in [0.1, 0.15) is 24.4 Å². The predicted octanol–water partition coefficient (Wildman–Crippen LogP) is 2.40. The van der Waals surface area contributed by atoms with Crippen LogP contribution in [0.5, 0.6) is 0 Å². The Labute approximate surface area is 125 Å². The van der Waals surface area contributed by atoms with E-state index in [1.165, 1.54) is 12.7 Å². The second kappa shape index (κ2) is 6.89. The quantitative estimate of drug-likeness (QED) is 0.781. The first-order valence-corrected chi connectivity index (χ1v) is 7.26. The molecule has 0 amide bonds. The minimum atomic E-state index is -1.58. The molecule has 21 heavy (non-hydrogen) atoms. The summed E-state index contributed by atoms with van der Waals surface area (Å²) in [6, 6.07) is 8.45. The van der Waals surface area contributed by atoms with Crippen LogP contribution in [0.4, 0.5) is 10.1 Å². The summed E-state index contributed by atoms with van der Waals surface area (Å²) in [7, 11) is 5.22. The highest BCUT2D eigenvalue weighted by molar-refractivity contribution is 5.74. The van der Waals surface area contributed by atoms with Gasteiger partial charge in [0.1, 0.15) is 0 Å². The lowest BCUT2D eigenvalue weighted by atomic mass is 10.0. The monoisotopic (exact) mass is 294 g/mol. The van der Waals surface area contributed by atoms with E-state index >= 15 is 0 Å². The van der Waals surface area contributed by atoms with Crippen molar-refractivity contribution in [1.82, 2.24) is 4.90 Å². The highest BCUT2D eigenvalue weighted by atomic mass is 19.1. The number of likely N-dealkylation sites (tertiary alicyclic amines) is 1. The lowest BCUT2D eigenvalue weighted by Crippen LogP contribution is -2.34. The molecule has 0 aliphatic carbocycles. The van der Waals surface area contributed by atoms with Gasteiger partial charge in [0, 0.05) is 32.4 Å². The van der Waals surface area contributed by atoms with Crippen molar-refractivity contribution in [3.8, 4) is 0 Å². The van der Waals surface area contributed by atoms with Crippen LogP contribution in [0.3, 0.4) is 0 Å². The van der Waals surface area contributed by atoms with Crippen molar-refractivity contribution in [2.45, 2.75) is 25.1 Å². The summed E-state index contributed by atoms with van der Waals surface area (Å²) in [5.41, 5.74) is 2.31. The number of alkyl halides is 1. The van der Waals surface area contributed by atoms with Gasteiger partial charge in [0.15, 0.2) is 0 Å². The number of hydrogen-bond acceptors (Lipinski definition) is 4. The van der Waals surface area contributed by atoms with E-state index in [-0.39, 0.29) is 12.6 Å². The third-order valence-electron chi connectivity index (χ3n) is 3.99. The zero-order valence-electron chi connectivity index (χ0n) is 12.9. The van der Waals surface area contributed by atoms with Crippen molar-refractivity contribution in [2.75, 3.05) is 39.2 Å². The molecule has 1 aliphatic rings. The van der Waals surface area contributed by atoms with E-state index in [9.17, 15) is 9.18 Å². The van der Waals surface area contributed by atoms with Crippen LogP contribution < -0.4 is 4.90 Å². The number of carbonyl (C=O) groups is 1. The van der Waals surface area contributed by atoms with Gasteiger partial charge < -0.3 is 9.64 Å². The van der Waals surface area contributed by atoms with Crippen molar-refractivity contribution < 1.29 is 13.9 Å². The molecule has 0 spiro atoms. The van der Waals surface area contributed by atoms with Crippen LogP contribution >= 0.6 is 0 Å². The lowest BCUT2D eigenvalue weighted by Gasteiger charge is -2.26. The molecule has 0 N–H and O–H groups in total. The molecule has 0 radical (unpaired) electrons. The fraction of sp³-hybridized carbons (Fsp3) is 0.562. The van der Waals surface area contributed by atoms with Crippen molar-refractivity contribution in [1.29, 1.82) is 0 Å². The smallest absolute Gasteiger partial charge is 0.341 e. The molecule has 1 fully saturated rings. The number of hydrogen-bond donors (Lipinski definition) is 0. The summed E-state index contributed by atoms with van der Waals surface area (Å²) >= 11 is 0. The molecular weight excluding hydrogens is 271 g/mol. The average molecular weight is 294 g/mol. The van der Waals surface area contributed by atoms with Crippen molar-refractivity contribution in [3.63, 3.8) is 0 Å². The SMILES string of the molecule is COC(=O)[C@@H](F)CN1CCC[C@H]1c1cccc(N(C)C)c1. The van der Waals surface area contributed by atoms with Gasteiger partial charge in [0.25, 0.3) is 0 Å². The Morgan fingerprint density at radius 1 is 1.52 bits per heavy atom. The zero-order chi connectivity index (χ0) is 15.4. The van der Waals surface area contributed by atoms with Crippen molar-refractivity contribution >= 4 is 11.7 Å². The molecule has 0 unspecified atom stereocenters. The fourth-order valence-corrected chi connectivity index (χ4v) is 2.84. The lowest BCUT2D eigenvalue weighted by molar-refractivity contribution is -0.147. The zero-order valence-corrected chi connectivity index (χ0v) is 12.9. The van der Waals surface area contributed by atoms with Gasteiger partial charge in [0.2, 0.25) is 6.17 Å². The molecule has 2 rings (SSSR count). The predicted molar refractivity (Wildman–Crippen MR) is 81.2 cm³/mol.